The van der Waals surface area contributed by atoms with Crippen LogP contribution in [0, 0.1) is 0 Å². The first kappa shape index (κ1) is 22.7. The Labute approximate surface area is 191 Å². The highest BCUT2D eigenvalue weighted by molar-refractivity contribution is 5.84. The van der Waals surface area contributed by atoms with Gasteiger partial charge < -0.3 is 15.6 Å². The Balaban J connectivity index is 1.52. The molecule has 2 aliphatic rings. The Kier molecular flexibility index (Phi) is 7.06. The minimum Gasteiger partial charge on any atom is -0.344 e. The van der Waals surface area contributed by atoms with E-state index in [1.807, 2.05) is 43.2 Å². The van der Waals surface area contributed by atoms with E-state index in [0.29, 0.717) is 13.1 Å². The van der Waals surface area contributed by atoms with Gasteiger partial charge in [-0.1, -0.05) is 12.1 Å². The monoisotopic (exact) mass is 436 g/mol. The zero-order valence-electron chi connectivity index (χ0n) is 19.6. The van der Waals surface area contributed by atoms with E-state index < -0.39 is 0 Å². The number of nitrogens with zero attached hydrogens (tertiary/aromatic N) is 4. The van der Waals surface area contributed by atoms with Crippen LogP contribution in [-0.4, -0.2) is 56.8 Å². The van der Waals surface area contributed by atoms with Crippen molar-refractivity contribution >= 4 is 12.0 Å². The van der Waals surface area contributed by atoms with E-state index in [0.717, 1.165) is 49.4 Å². The summed E-state index contributed by atoms with van der Waals surface area (Å²) in [4.78, 5) is 30.5. The first-order chi connectivity index (χ1) is 15.5. The quantitative estimate of drug-likeness (QED) is 0.724. The zero-order valence-corrected chi connectivity index (χ0v) is 19.6. The van der Waals surface area contributed by atoms with Crippen LogP contribution in [0.25, 0.3) is 6.08 Å². The molecule has 0 saturated carbocycles. The molecule has 3 unspecified atom stereocenters. The molecule has 0 spiro atoms. The van der Waals surface area contributed by atoms with Gasteiger partial charge in [-0.25, -0.2) is 4.98 Å². The van der Waals surface area contributed by atoms with Gasteiger partial charge in [0.1, 0.15) is 5.82 Å². The van der Waals surface area contributed by atoms with Gasteiger partial charge in [-0.3, -0.25) is 14.7 Å². The summed E-state index contributed by atoms with van der Waals surface area (Å²) >= 11 is 0. The highest BCUT2D eigenvalue weighted by Gasteiger charge is 2.30. The number of hydrogen-bond donors (Lipinski definition) is 2. The van der Waals surface area contributed by atoms with Crippen LogP contribution in [0.5, 0.6) is 0 Å². The highest BCUT2D eigenvalue weighted by Crippen LogP contribution is 2.33. The average Bonchev–Trinajstić information content (AvgIpc) is 3.20. The highest BCUT2D eigenvalue weighted by atomic mass is 16.2. The summed E-state index contributed by atoms with van der Waals surface area (Å²) in [7, 11) is 2.13. The number of nitrogens with one attached hydrogen (secondary N) is 1. The van der Waals surface area contributed by atoms with Crippen molar-refractivity contribution < 1.29 is 4.79 Å². The van der Waals surface area contributed by atoms with Gasteiger partial charge in [-0.2, -0.15) is 0 Å². The van der Waals surface area contributed by atoms with E-state index >= 15 is 0 Å². The molecule has 1 saturated heterocycles. The van der Waals surface area contributed by atoms with Gasteiger partial charge in [-0.05, 0) is 70.7 Å². The largest absolute Gasteiger partial charge is 0.344 e. The summed E-state index contributed by atoms with van der Waals surface area (Å²) in [6.07, 6.45) is 11.2. The van der Waals surface area contributed by atoms with Crippen LogP contribution in [0.2, 0.25) is 0 Å². The van der Waals surface area contributed by atoms with Crippen LogP contribution in [0.1, 0.15) is 80.0 Å². The number of hydrogen-bond acceptors (Lipinski definition) is 5. The summed E-state index contributed by atoms with van der Waals surface area (Å²) in [5.74, 6) is 0.726. The molecule has 3 atom stereocenters. The van der Waals surface area contributed by atoms with E-state index in [1.165, 1.54) is 17.7 Å². The minimum absolute atomic E-state index is 0.0767. The van der Waals surface area contributed by atoms with Crippen molar-refractivity contribution in [1.82, 2.24) is 24.8 Å². The number of aromatic amines is 1. The fraction of sp³-hybridized carbons (Fsp3) is 0.560. The Morgan fingerprint density at radius 3 is 3.03 bits per heavy atom. The summed E-state index contributed by atoms with van der Waals surface area (Å²) in [5.41, 5.74) is 10.4. The average molecular weight is 437 g/mol. The number of amides is 1. The van der Waals surface area contributed by atoms with E-state index in [4.69, 9.17) is 10.7 Å². The second-order valence-electron chi connectivity index (χ2n) is 9.26. The van der Waals surface area contributed by atoms with Crippen LogP contribution in [0.3, 0.4) is 0 Å². The Morgan fingerprint density at radius 2 is 2.25 bits per heavy atom. The Hall–Kier alpha value is -2.51. The number of rotatable bonds is 6. The molecule has 1 fully saturated rings. The van der Waals surface area contributed by atoms with Crippen LogP contribution in [0.4, 0.5) is 0 Å². The van der Waals surface area contributed by atoms with Crippen molar-refractivity contribution in [3.05, 3.63) is 52.9 Å². The van der Waals surface area contributed by atoms with Gasteiger partial charge in [0.25, 0.3) is 0 Å². The lowest BCUT2D eigenvalue weighted by Gasteiger charge is -2.32. The van der Waals surface area contributed by atoms with Crippen molar-refractivity contribution in [1.29, 1.82) is 0 Å². The second-order valence-corrected chi connectivity index (χ2v) is 9.26. The molecule has 0 radical (unpaired) electrons. The maximum absolute atomic E-state index is 13.2. The van der Waals surface area contributed by atoms with Crippen molar-refractivity contribution in [2.75, 3.05) is 20.1 Å². The lowest BCUT2D eigenvalue weighted by molar-refractivity contribution is -0.133. The van der Waals surface area contributed by atoms with E-state index in [9.17, 15) is 4.79 Å². The molecule has 7 nitrogen and oxygen atoms in total. The number of aryl methyl sites for hydroxylation is 1. The summed E-state index contributed by atoms with van der Waals surface area (Å²) in [6, 6.07) is 4.58. The van der Waals surface area contributed by atoms with Gasteiger partial charge in [0.15, 0.2) is 0 Å². The maximum atomic E-state index is 13.2. The number of piperidine rings is 1. The molecular formula is C25H36N6O. The number of aromatic nitrogens is 3. The fourth-order valence-electron chi connectivity index (χ4n) is 5.11. The lowest BCUT2D eigenvalue weighted by atomic mass is 9.91. The maximum Gasteiger partial charge on any atom is 0.231 e. The van der Waals surface area contributed by atoms with E-state index in [1.54, 1.807) is 0 Å². The van der Waals surface area contributed by atoms with Crippen LogP contribution >= 0.6 is 0 Å². The molecule has 7 heteroatoms. The molecule has 1 aliphatic heterocycles. The predicted octanol–water partition coefficient (Wildman–Crippen LogP) is 3.40. The van der Waals surface area contributed by atoms with Gasteiger partial charge in [0.2, 0.25) is 5.91 Å². The normalized spacial score (nSPS) is 22.3. The van der Waals surface area contributed by atoms with Crippen molar-refractivity contribution in [2.24, 2.45) is 5.73 Å². The second kappa shape index (κ2) is 9.96. The smallest absolute Gasteiger partial charge is 0.231 e. The zero-order chi connectivity index (χ0) is 22.7. The Morgan fingerprint density at radius 1 is 1.41 bits per heavy atom. The molecule has 2 aromatic heterocycles. The first-order valence-corrected chi connectivity index (χ1v) is 11.9. The lowest BCUT2D eigenvalue weighted by Crippen LogP contribution is -2.47. The number of allylic oxidation sites excluding steroid dienone is 1. The van der Waals surface area contributed by atoms with Gasteiger partial charge >= 0.3 is 0 Å². The number of fused-ring (bicyclic) bond motifs is 1. The predicted molar refractivity (Wildman–Crippen MR) is 127 cm³/mol. The molecular weight excluding hydrogens is 400 g/mol. The number of pyridine rings is 1. The summed E-state index contributed by atoms with van der Waals surface area (Å²) < 4.78 is 0. The molecule has 32 heavy (non-hydrogen) atoms. The molecule has 2 aromatic rings. The summed E-state index contributed by atoms with van der Waals surface area (Å²) in [5, 5.41) is 0. The van der Waals surface area contributed by atoms with E-state index in [2.05, 4.69) is 28.0 Å². The van der Waals surface area contributed by atoms with Gasteiger partial charge in [0.05, 0.1) is 35.6 Å². The van der Waals surface area contributed by atoms with Crippen molar-refractivity contribution in [3.63, 3.8) is 0 Å². The number of carbonyl (C=O) groups excluding carboxylic acids is 1. The third-order valence-electron chi connectivity index (χ3n) is 6.80. The van der Waals surface area contributed by atoms with E-state index in [-0.39, 0.29) is 23.9 Å². The molecule has 3 heterocycles. The third-order valence-corrected chi connectivity index (χ3v) is 6.80. The summed E-state index contributed by atoms with van der Waals surface area (Å²) in [6.45, 7) is 6.05. The number of imidazole rings is 1. The molecule has 172 valence electrons. The number of likely N-dealkylation sites (tertiary alicyclic amines) is 1. The van der Waals surface area contributed by atoms with Gasteiger partial charge in [-0.15, -0.1) is 0 Å². The number of H-pyrrole nitrogens is 1. The SMILES string of the molecule is C/C=C\c1nc(CN(C)C2CCCc3cccnc32)[nH]c1C(C)C(=O)N1CCCC(N)C1. The third kappa shape index (κ3) is 4.79. The topological polar surface area (TPSA) is 91.1 Å². The molecule has 0 aromatic carbocycles. The molecule has 1 amide bonds. The first-order valence-electron chi connectivity index (χ1n) is 11.9. The van der Waals surface area contributed by atoms with Crippen LogP contribution < -0.4 is 5.73 Å². The van der Waals surface area contributed by atoms with Crippen molar-refractivity contribution in [2.45, 2.75) is 70.5 Å². The molecule has 0 bridgehead atoms. The molecule has 4 rings (SSSR count). The minimum atomic E-state index is -0.282. The number of nitrogens with two attached hydrogens (primary N) is 1. The van der Waals surface area contributed by atoms with Gasteiger partial charge in [0, 0.05) is 25.3 Å². The standard InChI is InChI=1S/C25H36N6O/c1-4-8-20-23(17(2)25(32)31-14-7-11-19(26)15-31)29-22(28-20)16-30(3)21-12-5-9-18-10-6-13-27-24(18)21/h4,6,8,10,13,17,19,21H,5,7,9,11-12,14-16,26H2,1-3H3,(H,28,29)/b8-4-. The van der Waals surface area contributed by atoms with Crippen molar-refractivity contribution in [3.8, 4) is 0 Å². The molecule has 1 aliphatic carbocycles. The molecule has 3 N–H and O–H groups in total. The van der Waals surface area contributed by atoms with Crippen LogP contribution in [-0.2, 0) is 17.8 Å². The van der Waals surface area contributed by atoms with Crippen LogP contribution in [0.15, 0.2) is 24.4 Å². The fourth-order valence-corrected chi connectivity index (χ4v) is 5.11. The Bertz CT molecular complexity index is 967. The number of carbonyl (C=O) groups is 1.